The number of carbonyl (C=O) groups excluding carboxylic acids is 2. The van der Waals surface area contributed by atoms with Gasteiger partial charge in [-0.25, -0.2) is 0 Å². The Morgan fingerprint density at radius 2 is 1.56 bits per heavy atom. The third kappa shape index (κ3) is 3.29. The maximum Gasteiger partial charge on any atom is 0.310 e. The molecular weight excluding hydrogens is 420 g/mol. The highest BCUT2D eigenvalue weighted by molar-refractivity contribution is 5.81. The van der Waals surface area contributed by atoms with Crippen LogP contribution in [0.4, 0.5) is 0 Å². The molecule has 1 N–H and O–H groups in total. The van der Waals surface area contributed by atoms with Gasteiger partial charge < -0.3 is 38.3 Å². The first-order valence-corrected chi connectivity index (χ1v) is 9.93. The molecule has 0 bridgehead atoms. The molecule has 0 saturated heterocycles. The molecule has 0 amide bonds. The molecule has 0 saturated carbocycles. The van der Waals surface area contributed by atoms with Crippen LogP contribution in [0, 0.1) is 11.8 Å². The van der Waals surface area contributed by atoms with Gasteiger partial charge in [0, 0.05) is 5.92 Å². The van der Waals surface area contributed by atoms with Gasteiger partial charge in [0.25, 0.3) is 0 Å². The molecule has 0 fully saturated rings. The molecule has 2 aromatic carbocycles. The monoisotopic (exact) mass is 444 g/mol. The van der Waals surface area contributed by atoms with Crippen molar-refractivity contribution < 1.29 is 43.1 Å². The van der Waals surface area contributed by atoms with Gasteiger partial charge in [-0.15, -0.1) is 0 Å². The van der Waals surface area contributed by atoms with Crippen molar-refractivity contribution in [3.05, 3.63) is 41.0 Å². The lowest BCUT2D eigenvalue weighted by Crippen LogP contribution is -2.40. The van der Waals surface area contributed by atoms with Gasteiger partial charge in [-0.1, -0.05) is 0 Å². The third-order valence-corrected chi connectivity index (χ3v) is 6.05. The second kappa shape index (κ2) is 8.58. The highest BCUT2D eigenvalue weighted by Gasteiger charge is 2.48. The molecule has 0 spiro atoms. The van der Waals surface area contributed by atoms with E-state index in [9.17, 15) is 14.7 Å². The molecule has 9 heteroatoms. The zero-order chi connectivity index (χ0) is 23.0. The van der Waals surface area contributed by atoms with Gasteiger partial charge in [-0.05, 0) is 41.0 Å². The van der Waals surface area contributed by atoms with Gasteiger partial charge in [-0.2, -0.15) is 0 Å². The summed E-state index contributed by atoms with van der Waals surface area (Å²) in [6, 6.07) is 6.81. The van der Waals surface area contributed by atoms with E-state index in [-0.39, 0.29) is 6.79 Å². The first-order chi connectivity index (χ1) is 15.5. The summed E-state index contributed by atoms with van der Waals surface area (Å²) in [6.07, 6.45) is -0.635. The van der Waals surface area contributed by atoms with Crippen LogP contribution in [0.2, 0.25) is 0 Å². The van der Waals surface area contributed by atoms with E-state index < -0.39 is 29.8 Å². The molecule has 2 aliphatic rings. The maximum absolute atomic E-state index is 12.9. The molecule has 1 aliphatic heterocycles. The van der Waals surface area contributed by atoms with Crippen LogP contribution in [-0.2, 0) is 14.3 Å². The van der Waals surface area contributed by atoms with Crippen LogP contribution in [0.15, 0.2) is 24.3 Å². The van der Waals surface area contributed by atoms with Crippen LogP contribution in [0.5, 0.6) is 28.7 Å². The minimum Gasteiger partial charge on any atom is -0.493 e. The van der Waals surface area contributed by atoms with Gasteiger partial charge in [0.1, 0.15) is 6.29 Å². The number of hydrogen-bond acceptors (Lipinski definition) is 9. The molecule has 9 nitrogen and oxygen atoms in total. The summed E-state index contributed by atoms with van der Waals surface area (Å²) < 4.78 is 32.4. The number of benzene rings is 2. The Hall–Kier alpha value is -3.46. The Morgan fingerprint density at radius 3 is 2.06 bits per heavy atom. The fourth-order valence-electron chi connectivity index (χ4n) is 4.57. The van der Waals surface area contributed by atoms with Crippen LogP contribution in [0.25, 0.3) is 0 Å². The molecular formula is C23H24O9. The van der Waals surface area contributed by atoms with E-state index in [0.29, 0.717) is 51.7 Å². The number of methoxy groups -OCH3 is 4. The second-order valence-corrected chi connectivity index (χ2v) is 7.48. The van der Waals surface area contributed by atoms with Crippen molar-refractivity contribution in [3.8, 4) is 28.7 Å². The predicted molar refractivity (Wildman–Crippen MR) is 111 cm³/mol. The molecule has 170 valence electrons. The largest absolute Gasteiger partial charge is 0.493 e. The van der Waals surface area contributed by atoms with Crippen molar-refractivity contribution in [3.63, 3.8) is 0 Å². The average molecular weight is 444 g/mol. The lowest BCUT2D eigenvalue weighted by Gasteiger charge is -2.39. The van der Waals surface area contributed by atoms with Crippen LogP contribution < -0.4 is 23.7 Å². The standard InChI is InChI=1S/C23H24O9/c1-27-17-5-11(6-18(28-2)22(17)29-3)19-12-7-15-16(32-10-31-15)8-13(12)21(25)14(9-24)20(19)23(26)30-4/h5-9,14,19-21,25H,10H2,1-4H3/t14-,19+,20-,21?/m0/s1. The molecule has 1 heterocycles. The smallest absolute Gasteiger partial charge is 0.310 e. The summed E-state index contributed by atoms with van der Waals surface area (Å²) >= 11 is 0. The Kier molecular flexibility index (Phi) is 5.84. The van der Waals surface area contributed by atoms with E-state index in [2.05, 4.69) is 0 Å². The Balaban J connectivity index is 2.00. The van der Waals surface area contributed by atoms with E-state index in [1.807, 2.05) is 0 Å². The van der Waals surface area contributed by atoms with Gasteiger partial charge in [0.15, 0.2) is 23.0 Å². The normalized spacial score (nSPS) is 23.2. The molecule has 2 aromatic rings. The summed E-state index contributed by atoms with van der Waals surface area (Å²) in [7, 11) is 5.72. The zero-order valence-electron chi connectivity index (χ0n) is 18.1. The molecule has 0 aromatic heterocycles. The van der Waals surface area contributed by atoms with E-state index in [4.69, 9.17) is 28.4 Å². The van der Waals surface area contributed by atoms with Crippen LogP contribution in [0.1, 0.15) is 28.7 Å². The summed E-state index contributed by atoms with van der Waals surface area (Å²) in [6.45, 7) is 0.0424. The first-order valence-electron chi connectivity index (χ1n) is 9.93. The van der Waals surface area contributed by atoms with E-state index in [0.717, 1.165) is 0 Å². The lowest BCUT2D eigenvalue weighted by molar-refractivity contribution is -0.152. The summed E-state index contributed by atoms with van der Waals surface area (Å²) in [5.41, 5.74) is 1.71. The summed E-state index contributed by atoms with van der Waals surface area (Å²) in [4.78, 5) is 25.0. The quantitative estimate of drug-likeness (QED) is 0.530. The fourth-order valence-corrected chi connectivity index (χ4v) is 4.57. The molecule has 1 unspecified atom stereocenters. The van der Waals surface area contributed by atoms with E-state index >= 15 is 0 Å². The molecule has 1 aliphatic carbocycles. The van der Waals surface area contributed by atoms with Gasteiger partial charge in [-0.3, -0.25) is 4.79 Å². The second-order valence-electron chi connectivity index (χ2n) is 7.48. The Bertz CT molecular complexity index is 1020. The van der Waals surface area contributed by atoms with Gasteiger partial charge >= 0.3 is 5.97 Å². The van der Waals surface area contributed by atoms with Crippen molar-refractivity contribution in [2.45, 2.75) is 12.0 Å². The fraction of sp³-hybridized carbons (Fsp3) is 0.391. The van der Waals surface area contributed by atoms with Crippen molar-refractivity contribution in [1.82, 2.24) is 0 Å². The topological polar surface area (TPSA) is 110 Å². The highest BCUT2D eigenvalue weighted by Crippen LogP contribution is 2.53. The SMILES string of the molecule is COC(=O)[C@@H]1[C@H](c2cc(OC)c(OC)c(OC)c2)c2cc3c(cc2C(O)[C@H]1C=O)OCO3. The number of hydrogen-bond donors (Lipinski definition) is 1. The van der Waals surface area contributed by atoms with Crippen molar-refractivity contribution in [2.24, 2.45) is 11.8 Å². The number of aliphatic hydroxyl groups is 1. The minimum absolute atomic E-state index is 0.0424. The van der Waals surface area contributed by atoms with E-state index in [1.165, 1.54) is 28.4 Å². The number of rotatable bonds is 6. The molecule has 0 radical (unpaired) electrons. The Labute approximate surface area is 184 Å². The number of ether oxygens (including phenoxy) is 6. The van der Waals surface area contributed by atoms with Crippen molar-refractivity contribution in [2.75, 3.05) is 35.2 Å². The van der Waals surface area contributed by atoms with Crippen molar-refractivity contribution in [1.29, 1.82) is 0 Å². The highest BCUT2D eigenvalue weighted by atomic mass is 16.7. The lowest BCUT2D eigenvalue weighted by atomic mass is 9.65. The van der Waals surface area contributed by atoms with Crippen LogP contribution in [0.3, 0.4) is 0 Å². The first kappa shape index (κ1) is 21.8. The van der Waals surface area contributed by atoms with Gasteiger partial charge in [0.2, 0.25) is 12.5 Å². The van der Waals surface area contributed by atoms with E-state index in [1.54, 1.807) is 24.3 Å². The predicted octanol–water partition coefficient (Wildman–Crippen LogP) is 2.22. The van der Waals surface area contributed by atoms with Crippen molar-refractivity contribution >= 4 is 12.3 Å². The zero-order valence-corrected chi connectivity index (χ0v) is 18.1. The molecule has 32 heavy (non-hydrogen) atoms. The summed E-state index contributed by atoms with van der Waals surface area (Å²) in [5, 5.41) is 11.0. The summed E-state index contributed by atoms with van der Waals surface area (Å²) in [5.74, 6) is -1.20. The number of aldehydes is 1. The number of carbonyl (C=O) groups is 2. The minimum atomic E-state index is -1.22. The number of fused-ring (bicyclic) bond motifs is 2. The van der Waals surface area contributed by atoms with Crippen LogP contribution >= 0.6 is 0 Å². The average Bonchev–Trinajstić information content (AvgIpc) is 3.28. The van der Waals surface area contributed by atoms with Gasteiger partial charge in [0.05, 0.1) is 46.4 Å². The van der Waals surface area contributed by atoms with Crippen LogP contribution in [-0.4, -0.2) is 52.6 Å². The maximum atomic E-state index is 12.9. The third-order valence-electron chi connectivity index (χ3n) is 6.05. The number of esters is 1. The number of aliphatic hydroxyl groups excluding tert-OH is 1. The molecule has 4 rings (SSSR count). The Morgan fingerprint density at radius 1 is 0.969 bits per heavy atom. The molecule has 4 atom stereocenters.